The minimum absolute atomic E-state index is 0.431. The maximum absolute atomic E-state index is 12.8. The summed E-state index contributed by atoms with van der Waals surface area (Å²) < 4.78 is 27.2. The molecule has 0 saturated carbocycles. The molecule has 1 saturated heterocycles. The number of hydrogen-bond donors (Lipinski definition) is 1. The molecule has 0 aliphatic carbocycles. The Labute approximate surface area is 133 Å². The van der Waals surface area contributed by atoms with Crippen molar-refractivity contribution < 1.29 is 13.3 Å². The summed E-state index contributed by atoms with van der Waals surface area (Å²) in [5, 5.41) is 8.57. The second-order valence-electron chi connectivity index (χ2n) is 5.93. The van der Waals surface area contributed by atoms with Crippen LogP contribution < -0.4 is 4.90 Å². The molecule has 0 bridgehead atoms. The van der Waals surface area contributed by atoms with Gasteiger partial charge in [-0.1, -0.05) is 12.1 Å². The van der Waals surface area contributed by atoms with E-state index < -0.39 is 10.0 Å². The summed E-state index contributed by atoms with van der Waals surface area (Å²) in [6, 6.07) is 7.72. The number of aryl methyl sites for hydroxylation is 2. The third kappa shape index (κ3) is 3.86. The molecule has 0 aromatic heterocycles. The normalized spacial score (nSPS) is 17.3. The van der Waals surface area contributed by atoms with Crippen LogP contribution in [0.25, 0.3) is 0 Å². The molecule has 0 unspecified atom stereocenters. The van der Waals surface area contributed by atoms with Gasteiger partial charge < -0.3 is 4.90 Å². The predicted molar refractivity (Wildman–Crippen MR) is 85.1 cm³/mol. The molecular formula is C16H24N3O2S+. The van der Waals surface area contributed by atoms with E-state index in [1.54, 1.807) is 10.4 Å². The summed E-state index contributed by atoms with van der Waals surface area (Å²) in [5.41, 5.74) is 1.76. The molecule has 1 aromatic carbocycles. The molecule has 0 radical (unpaired) electrons. The van der Waals surface area contributed by atoms with E-state index in [2.05, 4.69) is 6.07 Å². The Kier molecular flexibility index (Phi) is 5.57. The Morgan fingerprint density at radius 3 is 2.59 bits per heavy atom. The van der Waals surface area contributed by atoms with Crippen LogP contribution >= 0.6 is 0 Å². The van der Waals surface area contributed by atoms with Crippen molar-refractivity contribution in [1.29, 1.82) is 5.26 Å². The van der Waals surface area contributed by atoms with E-state index in [-0.39, 0.29) is 0 Å². The first-order chi connectivity index (χ1) is 10.4. The van der Waals surface area contributed by atoms with Gasteiger partial charge in [0, 0.05) is 12.8 Å². The first kappa shape index (κ1) is 16.9. The first-order valence-corrected chi connectivity index (χ1v) is 9.17. The van der Waals surface area contributed by atoms with Crippen LogP contribution in [0.2, 0.25) is 0 Å². The average Bonchev–Trinajstić information content (AvgIpc) is 2.50. The van der Waals surface area contributed by atoms with Gasteiger partial charge in [-0.15, -0.1) is 0 Å². The number of rotatable bonds is 5. The van der Waals surface area contributed by atoms with E-state index in [1.807, 2.05) is 26.0 Å². The maximum Gasteiger partial charge on any atom is 0.243 e. The van der Waals surface area contributed by atoms with E-state index in [0.29, 0.717) is 24.4 Å². The number of piperazine rings is 1. The number of nitriles is 1. The lowest BCUT2D eigenvalue weighted by Gasteiger charge is -2.31. The summed E-state index contributed by atoms with van der Waals surface area (Å²) >= 11 is 0. The number of nitrogens with zero attached hydrogens (tertiary/aromatic N) is 2. The molecule has 0 spiro atoms. The van der Waals surface area contributed by atoms with Crippen molar-refractivity contribution in [3.05, 3.63) is 29.3 Å². The van der Waals surface area contributed by atoms with Gasteiger partial charge in [0.25, 0.3) is 0 Å². The molecule has 22 heavy (non-hydrogen) atoms. The van der Waals surface area contributed by atoms with Gasteiger partial charge in [-0.05, 0) is 31.0 Å². The summed E-state index contributed by atoms with van der Waals surface area (Å²) in [6.07, 6.45) is 1.46. The number of nitrogens with one attached hydrogen (secondary N) is 1. The maximum atomic E-state index is 12.8. The lowest BCUT2D eigenvalue weighted by molar-refractivity contribution is -0.903. The third-order valence-corrected chi connectivity index (χ3v) is 6.25. The minimum atomic E-state index is -3.40. The van der Waals surface area contributed by atoms with Gasteiger partial charge in [-0.2, -0.15) is 9.57 Å². The van der Waals surface area contributed by atoms with Crippen molar-refractivity contribution in [2.75, 3.05) is 32.7 Å². The van der Waals surface area contributed by atoms with Gasteiger partial charge in [-0.25, -0.2) is 8.42 Å². The lowest BCUT2D eigenvalue weighted by atomic mass is 10.2. The number of quaternary nitrogens is 1. The quantitative estimate of drug-likeness (QED) is 0.803. The first-order valence-electron chi connectivity index (χ1n) is 7.73. The SMILES string of the molecule is Cc1ccc(C)c(S(=O)(=O)N2CC[NH+](CCCC#N)CC2)c1. The second kappa shape index (κ2) is 7.23. The van der Waals surface area contributed by atoms with E-state index in [4.69, 9.17) is 5.26 Å². The Morgan fingerprint density at radius 2 is 1.95 bits per heavy atom. The summed E-state index contributed by atoms with van der Waals surface area (Å²) in [4.78, 5) is 1.82. The highest BCUT2D eigenvalue weighted by atomic mass is 32.2. The van der Waals surface area contributed by atoms with Crippen LogP contribution in [0.4, 0.5) is 0 Å². The molecule has 0 atom stereocenters. The zero-order valence-electron chi connectivity index (χ0n) is 13.3. The molecule has 1 fully saturated rings. The van der Waals surface area contributed by atoms with Gasteiger partial charge in [0.1, 0.15) is 0 Å². The smallest absolute Gasteiger partial charge is 0.243 e. The largest absolute Gasteiger partial charge is 0.333 e. The Morgan fingerprint density at radius 1 is 1.27 bits per heavy atom. The van der Waals surface area contributed by atoms with Crippen LogP contribution in [-0.4, -0.2) is 45.4 Å². The molecule has 2 rings (SSSR count). The fourth-order valence-corrected chi connectivity index (χ4v) is 4.59. The fraction of sp³-hybridized carbons (Fsp3) is 0.562. The van der Waals surface area contributed by atoms with Crippen molar-refractivity contribution in [1.82, 2.24) is 4.31 Å². The topological polar surface area (TPSA) is 65.6 Å². The van der Waals surface area contributed by atoms with Crippen LogP contribution in [0.15, 0.2) is 23.1 Å². The average molecular weight is 322 g/mol. The minimum Gasteiger partial charge on any atom is -0.333 e. The van der Waals surface area contributed by atoms with Gasteiger partial charge >= 0.3 is 0 Å². The van der Waals surface area contributed by atoms with Crippen LogP contribution in [0.3, 0.4) is 0 Å². The van der Waals surface area contributed by atoms with Crippen molar-refractivity contribution in [3.8, 4) is 6.07 Å². The molecule has 6 heteroatoms. The van der Waals surface area contributed by atoms with Gasteiger partial charge in [-0.3, -0.25) is 0 Å². The zero-order chi connectivity index (χ0) is 16.2. The Balaban J connectivity index is 2.04. The molecule has 1 aliphatic rings. The monoisotopic (exact) mass is 322 g/mol. The van der Waals surface area contributed by atoms with E-state index in [9.17, 15) is 8.42 Å². The lowest BCUT2D eigenvalue weighted by Crippen LogP contribution is -3.14. The van der Waals surface area contributed by atoms with Crippen molar-refractivity contribution in [2.24, 2.45) is 0 Å². The van der Waals surface area contributed by atoms with Crippen molar-refractivity contribution >= 4 is 10.0 Å². The van der Waals surface area contributed by atoms with Gasteiger partial charge in [0.15, 0.2) is 0 Å². The summed E-state index contributed by atoms with van der Waals surface area (Å²) in [5.74, 6) is 0. The molecule has 1 aromatic rings. The second-order valence-corrected chi connectivity index (χ2v) is 7.84. The fourth-order valence-electron chi connectivity index (χ4n) is 2.83. The highest BCUT2D eigenvalue weighted by molar-refractivity contribution is 7.89. The molecule has 0 amide bonds. The molecule has 1 aliphatic heterocycles. The molecule has 1 heterocycles. The third-order valence-electron chi connectivity index (χ3n) is 4.21. The molecule has 1 N–H and O–H groups in total. The van der Waals surface area contributed by atoms with E-state index in [1.165, 1.54) is 4.90 Å². The zero-order valence-corrected chi connectivity index (χ0v) is 14.1. The van der Waals surface area contributed by atoms with Crippen LogP contribution in [0, 0.1) is 25.2 Å². The highest BCUT2D eigenvalue weighted by Crippen LogP contribution is 2.21. The number of hydrogen-bond acceptors (Lipinski definition) is 3. The summed E-state index contributed by atoms with van der Waals surface area (Å²) in [6.45, 7) is 7.44. The van der Waals surface area contributed by atoms with Gasteiger partial charge in [0.05, 0.1) is 43.7 Å². The number of unbranched alkanes of at least 4 members (excludes halogenated alkanes) is 1. The number of benzene rings is 1. The molecule has 5 nitrogen and oxygen atoms in total. The highest BCUT2D eigenvalue weighted by Gasteiger charge is 2.31. The molecular weight excluding hydrogens is 298 g/mol. The summed E-state index contributed by atoms with van der Waals surface area (Å²) in [7, 11) is -3.40. The van der Waals surface area contributed by atoms with Crippen LogP contribution in [0.5, 0.6) is 0 Å². The Bertz CT molecular complexity index is 656. The van der Waals surface area contributed by atoms with Crippen LogP contribution in [-0.2, 0) is 10.0 Å². The number of sulfonamides is 1. The van der Waals surface area contributed by atoms with Gasteiger partial charge in [0.2, 0.25) is 10.0 Å². The van der Waals surface area contributed by atoms with Crippen molar-refractivity contribution in [3.63, 3.8) is 0 Å². The van der Waals surface area contributed by atoms with Crippen molar-refractivity contribution in [2.45, 2.75) is 31.6 Å². The molecule has 120 valence electrons. The predicted octanol–water partition coefficient (Wildman–Crippen LogP) is 0.496. The standard InChI is InChI=1S/C16H23N3O2S/c1-14-5-6-15(2)16(13-14)22(20,21)19-11-9-18(10-12-19)8-4-3-7-17/h5-6,13H,3-4,8-12H2,1-2H3/p+1. The Hall–Kier alpha value is -1.42. The van der Waals surface area contributed by atoms with E-state index in [0.717, 1.165) is 37.2 Å². The van der Waals surface area contributed by atoms with E-state index >= 15 is 0 Å². The van der Waals surface area contributed by atoms with Crippen LogP contribution in [0.1, 0.15) is 24.0 Å².